The van der Waals surface area contributed by atoms with Gasteiger partial charge in [-0.1, -0.05) is 18.2 Å². The smallest absolute Gasteiger partial charge is 0.236 e. The average molecular weight is 257 g/mol. The van der Waals surface area contributed by atoms with Crippen molar-refractivity contribution in [2.75, 3.05) is 13.6 Å². The zero-order valence-electron chi connectivity index (χ0n) is 11.1. The van der Waals surface area contributed by atoms with Gasteiger partial charge in [0.25, 0.3) is 0 Å². The summed E-state index contributed by atoms with van der Waals surface area (Å²) in [5.41, 5.74) is 2.28. The van der Waals surface area contributed by atoms with E-state index in [1.165, 1.54) is 18.2 Å². The fourth-order valence-corrected chi connectivity index (χ4v) is 2.26. The molecule has 1 saturated carbocycles. The van der Waals surface area contributed by atoms with E-state index in [2.05, 4.69) is 22.4 Å². The van der Waals surface area contributed by atoms with Gasteiger partial charge in [-0.15, -0.1) is 0 Å². The second-order valence-corrected chi connectivity index (χ2v) is 5.26. The first kappa shape index (κ1) is 12.2. The van der Waals surface area contributed by atoms with Crippen LogP contribution in [-0.4, -0.2) is 35.4 Å². The highest BCUT2D eigenvalue weighted by atomic mass is 16.2. The van der Waals surface area contributed by atoms with Crippen molar-refractivity contribution < 1.29 is 4.79 Å². The van der Waals surface area contributed by atoms with E-state index in [1.54, 1.807) is 4.90 Å². The molecule has 2 N–H and O–H groups in total. The van der Waals surface area contributed by atoms with E-state index >= 15 is 0 Å². The quantitative estimate of drug-likeness (QED) is 0.859. The molecule has 1 fully saturated rings. The number of rotatable bonds is 5. The zero-order chi connectivity index (χ0) is 13.2. The number of aromatic amines is 1. The molecule has 0 saturated heterocycles. The summed E-state index contributed by atoms with van der Waals surface area (Å²) in [6.45, 7) is 1.10. The molecule has 4 heteroatoms. The Kier molecular flexibility index (Phi) is 3.25. The van der Waals surface area contributed by atoms with Crippen LogP contribution in [0.2, 0.25) is 0 Å². The highest BCUT2D eigenvalue weighted by Gasteiger charge is 2.22. The van der Waals surface area contributed by atoms with Crippen LogP contribution in [0.3, 0.4) is 0 Å². The number of likely N-dealkylation sites (N-methyl/N-ethyl adjacent to an activating group) is 1. The Labute approximate surface area is 112 Å². The van der Waals surface area contributed by atoms with E-state index in [-0.39, 0.29) is 5.91 Å². The van der Waals surface area contributed by atoms with Crippen LogP contribution in [0, 0.1) is 0 Å². The Bertz CT molecular complexity index is 586. The van der Waals surface area contributed by atoms with Crippen molar-refractivity contribution >= 4 is 16.8 Å². The summed E-state index contributed by atoms with van der Waals surface area (Å²) in [5.74, 6) is 0.150. The van der Waals surface area contributed by atoms with Crippen LogP contribution in [0.4, 0.5) is 0 Å². The molecular weight excluding hydrogens is 238 g/mol. The number of para-hydroxylation sites is 1. The molecular formula is C15H19N3O. The molecule has 0 spiro atoms. The second kappa shape index (κ2) is 5.05. The third-order valence-electron chi connectivity index (χ3n) is 3.63. The first-order valence-electron chi connectivity index (χ1n) is 6.76. The van der Waals surface area contributed by atoms with Crippen LogP contribution in [0.25, 0.3) is 10.9 Å². The fraction of sp³-hybridized carbons (Fsp3) is 0.400. The molecule has 1 aromatic heterocycles. The van der Waals surface area contributed by atoms with Gasteiger partial charge in [-0.2, -0.15) is 0 Å². The Morgan fingerprint density at radius 3 is 3.00 bits per heavy atom. The van der Waals surface area contributed by atoms with Crippen LogP contribution < -0.4 is 5.32 Å². The van der Waals surface area contributed by atoms with E-state index in [1.807, 2.05) is 25.4 Å². The van der Waals surface area contributed by atoms with Crippen molar-refractivity contribution in [1.82, 2.24) is 15.2 Å². The molecule has 100 valence electrons. The monoisotopic (exact) mass is 257 g/mol. The van der Waals surface area contributed by atoms with E-state index in [0.29, 0.717) is 19.1 Å². The van der Waals surface area contributed by atoms with Gasteiger partial charge in [0.1, 0.15) is 0 Å². The number of carbonyl (C=O) groups excluding carboxylic acids is 1. The highest BCUT2D eigenvalue weighted by Crippen LogP contribution is 2.20. The summed E-state index contributed by atoms with van der Waals surface area (Å²) < 4.78 is 0. The van der Waals surface area contributed by atoms with Crippen molar-refractivity contribution in [1.29, 1.82) is 0 Å². The van der Waals surface area contributed by atoms with Gasteiger partial charge >= 0.3 is 0 Å². The number of nitrogens with zero attached hydrogens (tertiary/aromatic N) is 1. The number of amides is 1. The van der Waals surface area contributed by atoms with Gasteiger partial charge in [0.15, 0.2) is 0 Å². The lowest BCUT2D eigenvalue weighted by atomic mass is 10.1. The number of nitrogens with one attached hydrogen (secondary N) is 2. The lowest BCUT2D eigenvalue weighted by molar-refractivity contribution is -0.129. The Morgan fingerprint density at radius 1 is 1.42 bits per heavy atom. The van der Waals surface area contributed by atoms with Gasteiger partial charge in [0, 0.05) is 36.7 Å². The van der Waals surface area contributed by atoms with Crippen molar-refractivity contribution in [3.63, 3.8) is 0 Å². The molecule has 1 aliphatic rings. The summed E-state index contributed by atoms with van der Waals surface area (Å²) in [6.07, 6.45) is 4.40. The third-order valence-corrected chi connectivity index (χ3v) is 3.63. The van der Waals surface area contributed by atoms with E-state index in [0.717, 1.165) is 11.1 Å². The standard InChI is InChI=1S/C15H19N3O/c1-18(15(19)9-16-12-6-7-12)10-11-8-17-14-5-3-2-4-13(11)14/h2-5,8,12,16-17H,6-7,9-10H2,1H3. The van der Waals surface area contributed by atoms with Crippen molar-refractivity contribution in [3.05, 3.63) is 36.0 Å². The zero-order valence-corrected chi connectivity index (χ0v) is 11.1. The molecule has 0 atom stereocenters. The minimum Gasteiger partial charge on any atom is -0.361 e. The van der Waals surface area contributed by atoms with Crippen molar-refractivity contribution in [2.45, 2.75) is 25.4 Å². The molecule has 3 rings (SSSR count). The van der Waals surface area contributed by atoms with E-state index in [9.17, 15) is 4.79 Å². The minimum absolute atomic E-state index is 0.150. The number of hydrogen-bond acceptors (Lipinski definition) is 2. The lowest BCUT2D eigenvalue weighted by Gasteiger charge is -2.17. The molecule has 1 aliphatic carbocycles. The molecule has 2 aromatic rings. The minimum atomic E-state index is 0.150. The molecule has 0 aliphatic heterocycles. The summed E-state index contributed by atoms with van der Waals surface area (Å²) in [4.78, 5) is 17.0. The normalized spacial score (nSPS) is 14.8. The molecule has 4 nitrogen and oxygen atoms in total. The fourth-order valence-electron chi connectivity index (χ4n) is 2.26. The molecule has 0 radical (unpaired) electrons. The number of hydrogen-bond donors (Lipinski definition) is 2. The molecule has 19 heavy (non-hydrogen) atoms. The topological polar surface area (TPSA) is 48.1 Å². The number of carbonyl (C=O) groups is 1. The summed E-state index contributed by atoms with van der Waals surface area (Å²) in [5, 5.41) is 4.45. The SMILES string of the molecule is CN(Cc1c[nH]c2ccccc12)C(=O)CNC1CC1. The van der Waals surface area contributed by atoms with Gasteiger partial charge in [-0.25, -0.2) is 0 Å². The molecule has 0 unspecified atom stereocenters. The van der Waals surface area contributed by atoms with Crippen LogP contribution in [0.1, 0.15) is 18.4 Å². The maximum absolute atomic E-state index is 12.0. The number of fused-ring (bicyclic) bond motifs is 1. The molecule has 1 aromatic carbocycles. The van der Waals surface area contributed by atoms with Crippen LogP contribution >= 0.6 is 0 Å². The maximum Gasteiger partial charge on any atom is 0.236 e. The largest absolute Gasteiger partial charge is 0.361 e. The summed E-state index contributed by atoms with van der Waals surface area (Å²) in [7, 11) is 1.86. The Balaban J connectivity index is 1.64. The average Bonchev–Trinajstić information content (AvgIpc) is 3.18. The maximum atomic E-state index is 12.0. The van der Waals surface area contributed by atoms with E-state index < -0.39 is 0 Å². The van der Waals surface area contributed by atoms with Crippen molar-refractivity contribution in [3.8, 4) is 0 Å². The van der Waals surface area contributed by atoms with Crippen LogP contribution in [0.15, 0.2) is 30.5 Å². The van der Waals surface area contributed by atoms with Gasteiger partial charge in [0.2, 0.25) is 5.91 Å². The number of H-pyrrole nitrogens is 1. The molecule has 1 amide bonds. The van der Waals surface area contributed by atoms with Crippen LogP contribution in [-0.2, 0) is 11.3 Å². The number of benzene rings is 1. The first-order chi connectivity index (χ1) is 9.24. The molecule has 1 heterocycles. The predicted octanol–water partition coefficient (Wildman–Crippen LogP) is 1.88. The summed E-state index contributed by atoms with van der Waals surface area (Å²) >= 11 is 0. The van der Waals surface area contributed by atoms with Gasteiger partial charge in [-0.05, 0) is 24.5 Å². The van der Waals surface area contributed by atoms with Gasteiger partial charge in [-0.3, -0.25) is 4.79 Å². The second-order valence-electron chi connectivity index (χ2n) is 5.26. The summed E-state index contributed by atoms with van der Waals surface area (Å²) in [6, 6.07) is 8.75. The van der Waals surface area contributed by atoms with Gasteiger partial charge < -0.3 is 15.2 Å². The third kappa shape index (κ3) is 2.79. The lowest BCUT2D eigenvalue weighted by Crippen LogP contribution is -2.35. The van der Waals surface area contributed by atoms with Crippen molar-refractivity contribution in [2.24, 2.45) is 0 Å². The Morgan fingerprint density at radius 2 is 2.21 bits per heavy atom. The first-order valence-corrected chi connectivity index (χ1v) is 6.76. The number of aromatic nitrogens is 1. The van der Waals surface area contributed by atoms with Crippen LogP contribution in [0.5, 0.6) is 0 Å². The highest BCUT2D eigenvalue weighted by molar-refractivity contribution is 5.84. The van der Waals surface area contributed by atoms with E-state index in [4.69, 9.17) is 0 Å². The van der Waals surface area contributed by atoms with Gasteiger partial charge in [0.05, 0.1) is 6.54 Å². The molecule has 0 bridgehead atoms. The Hall–Kier alpha value is -1.81. The predicted molar refractivity (Wildman–Crippen MR) is 75.8 cm³/mol.